The van der Waals surface area contributed by atoms with Crippen LogP contribution >= 0.6 is 0 Å². The van der Waals surface area contributed by atoms with E-state index >= 15 is 8.78 Å². The number of nitrogens with zero attached hydrogens (tertiary/aromatic N) is 2. The Kier molecular flexibility index (Phi) is 8.62. The fourth-order valence-electron chi connectivity index (χ4n) is 4.38. The molecule has 3 aromatic carbocycles. The van der Waals surface area contributed by atoms with Crippen LogP contribution in [0.3, 0.4) is 0 Å². The second-order valence-corrected chi connectivity index (χ2v) is 11.0. The number of benzene rings is 3. The molecule has 0 amide bonds. The molecule has 1 aromatic heterocycles. The van der Waals surface area contributed by atoms with Gasteiger partial charge in [-0.15, -0.1) is 0 Å². The highest BCUT2D eigenvalue weighted by Gasteiger charge is 2.24. The second kappa shape index (κ2) is 11.9. The number of sulfone groups is 1. The normalized spacial score (nSPS) is 12.3. The molecule has 0 aliphatic carbocycles. The molecule has 0 spiro atoms. The van der Waals surface area contributed by atoms with Crippen LogP contribution in [-0.4, -0.2) is 42.1 Å². The second-order valence-electron chi connectivity index (χ2n) is 8.97. The standard InChI is InChI=1S/C28H27F2N3O6S/c1-39-24-11-5-9-19(26(24)30)20-15-32(16-21-22(29)10-6-12-25(21)40(37,38)14-13-34)28(36)33(27(20)35)17-23(31)18-7-3-2-4-8-18/h2-12,15,23,34H,13-14,16-17,31H2,1H3/t23-/m0/s1. The number of nitrogens with two attached hydrogens (primary N) is 1. The summed E-state index contributed by atoms with van der Waals surface area (Å²) in [5, 5.41) is 9.21. The van der Waals surface area contributed by atoms with Crippen molar-refractivity contribution in [1.82, 2.24) is 9.13 Å². The van der Waals surface area contributed by atoms with E-state index in [-0.39, 0.29) is 29.0 Å². The summed E-state index contributed by atoms with van der Waals surface area (Å²) in [6.45, 7) is -1.60. The SMILES string of the molecule is COc1cccc(-c2cn(Cc3c(F)cccc3S(=O)(=O)CCO)c(=O)n(C[C@H](N)c3ccccc3)c2=O)c1F. The van der Waals surface area contributed by atoms with Crippen LogP contribution in [-0.2, 0) is 22.9 Å². The van der Waals surface area contributed by atoms with Crippen molar-refractivity contribution in [3.63, 3.8) is 0 Å². The minimum absolute atomic E-state index is 0.145. The van der Waals surface area contributed by atoms with Gasteiger partial charge < -0.3 is 15.6 Å². The maximum Gasteiger partial charge on any atom is 0.331 e. The number of hydrogen-bond acceptors (Lipinski definition) is 7. The number of aromatic nitrogens is 2. The lowest BCUT2D eigenvalue weighted by Gasteiger charge is -2.18. The maximum absolute atomic E-state index is 15.3. The molecule has 0 bridgehead atoms. The Balaban J connectivity index is 1.95. The van der Waals surface area contributed by atoms with E-state index in [0.717, 1.165) is 21.4 Å². The minimum atomic E-state index is -4.12. The van der Waals surface area contributed by atoms with E-state index < -0.39 is 62.6 Å². The van der Waals surface area contributed by atoms with Crippen LogP contribution in [0.25, 0.3) is 11.1 Å². The molecule has 0 unspecified atom stereocenters. The third kappa shape index (κ3) is 5.74. The molecule has 4 rings (SSSR count). The Bertz CT molecular complexity index is 1750. The van der Waals surface area contributed by atoms with E-state index in [1.807, 2.05) is 0 Å². The Morgan fingerprint density at radius 2 is 1.68 bits per heavy atom. The van der Waals surface area contributed by atoms with E-state index in [0.29, 0.717) is 5.56 Å². The Morgan fingerprint density at radius 1 is 0.975 bits per heavy atom. The average Bonchev–Trinajstić information content (AvgIpc) is 2.94. The molecule has 9 nitrogen and oxygen atoms in total. The van der Waals surface area contributed by atoms with Gasteiger partial charge in [0.05, 0.1) is 43.0 Å². The molecule has 4 aromatic rings. The van der Waals surface area contributed by atoms with Gasteiger partial charge >= 0.3 is 5.69 Å². The molecule has 0 saturated carbocycles. The van der Waals surface area contributed by atoms with Gasteiger partial charge in [0, 0.05) is 23.4 Å². The average molecular weight is 572 g/mol. The number of aliphatic hydroxyl groups excluding tert-OH is 1. The Morgan fingerprint density at radius 3 is 2.35 bits per heavy atom. The zero-order valence-corrected chi connectivity index (χ0v) is 22.3. The predicted octanol–water partition coefficient (Wildman–Crippen LogP) is 2.48. The van der Waals surface area contributed by atoms with Crippen molar-refractivity contribution in [1.29, 1.82) is 0 Å². The highest BCUT2D eigenvalue weighted by molar-refractivity contribution is 7.91. The molecule has 12 heteroatoms. The van der Waals surface area contributed by atoms with Crippen molar-refractivity contribution < 1.29 is 27.0 Å². The van der Waals surface area contributed by atoms with Gasteiger partial charge in [-0.3, -0.25) is 13.9 Å². The Labute approximate surface area is 228 Å². The van der Waals surface area contributed by atoms with Crippen LogP contribution in [0, 0.1) is 11.6 Å². The highest BCUT2D eigenvalue weighted by atomic mass is 32.2. The highest BCUT2D eigenvalue weighted by Crippen LogP contribution is 2.27. The number of aliphatic hydroxyl groups is 1. The van der Waals surface area contributed by atoms with Crippen molar-refractivity contribution >= 4 is 9.84 Å². The summed E-state index contributed by atoms with van der Waals surface area (Å²) in [6, 6.07) is 15.4. The van der Waals surface area contributed by atoms with Gasteiger partial charge in [-0.25, -0.2) is 22.0 Å². The maximum atomic E-state index is 15.3. The first-order valence-electron chi connectivity index (χ1n) is 12.2. The molecular weight excluding hydrogens is 544 g/mol. The summed E-state index contributed by atoms with van der Waals surface area (Å²) in [6.07, 6.45) is 1.06. The van der Waals surface area contributed by atoms with Gasteiger partial charge in [-0.1, -0.05) is 48.5 Å². The molecular formula is C28H27F2N3O6S. The van der Waals surface area contributed by atoms with E-state index in [2.05, 4.69) is 0 Å². The van der Waals surface area contributed by atoms with Crippen molar-refractivity contribution in [2.45, 2.75) is 24.0 Å². The topological polar surface area (TPSA) is 134 Å². The third-order valence-electron chi connectivity index (χ3n) is 6.42. The molecule has 0 aliphatic rings. The molecule has 1 atom stereocenters. The van der Waals surface area contributed by atoms with Gasteiger partial charge in [0.2, 0.25) is 0 Å². The molecule has 0 saturated heterocycles. The molecule has 210 valence electrons. The predicted molar refractivity (Wildman–Crippen MR) is 145 cm³/mol. The summed E-state index contributed by atoms with van der Waals surface area (Å²) in [7, 11) is -2.86. The van der Waals surface area contributed by atoms with Crippen LogP contribution in [0.5, 0.6) is 5.75 Å². The van der Waals surface area contributed by atoms with Crippen molar-refractivity contribution in [2.24, 2.45) is 5.73 Å². The lowest BCUT2D eigenvalue weighted by atomic mass is 10.1. The Hall–Kier alpha value is -4.13. The number of rotatable bonds is 10. The summed E-state index contributed by atoms with van der Waals surface area (Å²) in [5.74, 6) is -2.58. The molecule has 40 heavy (non-hydrogen) atoms. The fourth-order valence-corrected chi connectivity index (χ4v) is 5.66. The van der Waals surface area contributed by atoms with E-state index in [1.165, 1.54) is 37.4 Å². The number of ether oxygens (including phenoxy) is 1. The van der Waals surface area contributed by atoms with Crippen molar-refractivity contribution in [3.8, 4) is 16.9 Å². The number of methoxy groups -OCH3 is 1. The van der Waals surface area contributed by atoms with Crippen LogP contribution in [0.2, 0.25) is 0 Å². The van der Waals surface area contributed by atoms with Gasteiger partial charge in [0.15, 0.2) is 21.4 Å². The molecule has 3 N–H and O–H groups in total. The van der Waals surface area contributed by atoms with Crippen molar-refractivity contribution in [3.05, 3.63) is 117 Å². The molecule has 0 aliphatic heterocycles. The number of halogens is 2. The van der Waals surface area contributed by atoms with Crippen molar-refractivity contribution in [2.75, 3.05) is 19.5 Å². The molecule has 1 heterocycles. The lowest BCUT2D eigenvalue weighted by molar-refractivity contribution is 0.319. The zero-order valence-electron chi connectivity index (χ0n) is 21.5. The van der Waals surface area contributed by atoms with Gasteiger partial charge in [-0.2, -0.15) is 0 Å². The van der Waals surface area contributed by atoms with Gasteiger partial charge in [0.25, 0.3) is 5.56 Å². The van der Waals surface area contributed by atoms with Crippen LogP contribution < -0.4 is 21.7 Å². The molecule has 0 fully saturated rings. The van der Waals surface area contributed by atoms with Gasteiger partial charge in [-0.05, 0) is 23.8 Å². The monoisotopic (exact) mass is 571 g/mol. The lowest BCUT2D eigenvalue weighted by Crippen LogP contribution is -2.43. The summed E-state index contributed by atoms with van der Waals surface area (Å²) < 4.78 is 62.6. The summed E-state index contributed by atoms with van der Waals surface area (Å²) in [5.41, 5.74) is 4.41. The van der Waals surface area contributed by atoms with Gasteiger partial charge in [0.1, 0.15) is 5.82 Å². The first-order valence-corrected chi connectivity index (χ1v) is 13.8. The quantitative estimate of drug-likeness (QED) is 0.299. The first kappa shape index (κ1) is 28.9. The van der Waals surface area contributed by atoms with Crippen LogP contribution in [0.15, 0.2) is 87.4 Å². The van der Waals surface area contributed by atoms with Crippen LogP contribution in [0.1, 0.15) is 17.2 Å². The smallest absolute Gasteiger partial charge is 0.331 e. The van der Waals surface area contributed by atoms with E-state index in [9.17, 15) is 23.1 Å². The first-order chi connectivity index (χ1) is 19.1. The fraction of sp³-hybridized carbons (Fsp3) is 0.214. The summed E-state index contributed by atoms with van der Waals surface area (Å²) in [4.78, 5) is 26.8. The van der Waals surface area contributed by atoms with Crippen LogP contribution in [0.4, 0.5) is 8.78 Å². The zero-order chi connectivity index (χ0) is 29.0. The third-order valence-corrected chi connectivity index (χ3v) is 8.19. The summed E-state index contributed by atoms with van der Waals surface area (Å²) >= 11 is 0. The van der Waals surface area contributed by atoms with E-state index in [4.69, 9.17) is 10.5 Å². The largest absolute Gasteiger partial charge is 0.494 e. The minimum Gasteiger partial charge on any atom is -0.494 e. The van der Waals surface area contributed by atoms with E-state index in [1.54, 1.807) is 30.3 Å². The number of hydrogen-bond donors (Lipinski definition) is 2. The molecule has 0 radical (unpaired) electrons.